The Hall–Kier alpha value is -4.96. The summed E-state index contributed by atoms with van der Waals surface area (Å²) in [7, 11) is 0. The number of aromatic nitrogens is 3. The van der Waals surface area contributed by atoms with Crippen LogP contribution in [0.4, 0.5) is 0 Å². The zero-order valence-corrected chi connectivity index (χ0v) is 24.1. The van der Waals surface area contributed by atoms with Gasteiger partial charge in [0.2, 0.25) is 0 Å². The molecule has 0 radical (unpaired) electrons. The van der Waals surface area contributed by atoms with Gasteiger partial charge in [-0.2, -0.15) is 5.26 Å². The van der Waals surface area contributed by atoms with E-state index in [0.717, 1.165) is 37.6 Å². The van der Waals surface area contributed by atoms with Crippen LogP contribution in [0.5, 0.6) is 0 Å². The van der Waals surface area contributed by atoms with Crippen LogP contribution >= 0.6 is 23.2 Å². The Kier molecular flexibility index (Phi) is 7.93. The van der Waals surface area contributed by atoms with E-state index < -0.39 is 11.8 Å². The molecule has 2 aliphatic rings. The van der Waals surface area contributed by atoms with E-state index in [9.17, 15) is 9.59 Å². The number of carbonyl (C=O) groups excluding carboxylic acids is 2. The molecule has 8 heteroatoms. The second kappa shape index (κ2) is 12.1. The first kappa shape index (κ1) is 28.2. The molecule has 0 spiro atoms. The van der Waals surface area contributed by atoms with Crippen molar-refractivity contribution in [2.45, 2.75) is 18.3 Å². The third kappa shape index (κ3) is 5.61. The molecule has 2 atom stereocenters. The maximum atomic E-state index is 14.1. The lowest BCUT2D eigenvalue weighted by molar-refractivity contribution is -0.120. The lowest BCUT2D eigenvalue weighted by Gasteiger charge is -2.29. The van der Waals surface area contributed by atoms with Gasteiger partial charge in [-0.15, -0.1) is 10.2 Å². The molecule has 7 rings (SSSR count). The minimum absolute atomic E-state index is 0.0646. The highest BCUT2D eigenvalue weighted by molar-refractivity contribution is 6.35. The van der Waals surface area contributed by atoms with E-state index in [4.69, 9.17) is 28.5 Å². The van der Waals surface area contributed by atoms with Gasteiger partial charge in [0, 0.05) is 21.5 Å². The smallest absolute Gasteiger partial charge is 0.187 e. The normalized spacial score (nSPS) is 16.2. The molecular weight excluding hydrogens is 579 g/mol. The molecule has 208 valence electrons. The van der Waals surface area contributed by atoms with Gasteiger partial charge < -0.3 is 0 Å². The van der Waals surface area contributed by atoms with Crippen LogP contribution in [0, 0.1) is 21.8 Å². The van der Waals surface area contributed by atoms with Crippen LogP contribution in [0.2, 0.25) is 10.0 Å². The van der Waals surface area contributed by atoms with Crippen LogP contribution in [0.15, 0.2) is 97.5 Å². The fourth-order valence-electron chi connectivity index (χ4n) is 5.68. The summed E-state index contributed by atoms with van der Waals surface area (Å²) in [5.74, 6) is -0.916. The van der Waals surface area contributed by atoms with Gasteiger partial charge in [0.25, 0.3) is 0 Å². The van der Waals surface area contributed by atoms with Gasteiger partial charge in [-0.25, -0.2) is 4.98 Å². The van der Waals surface area contributed by atoms with E-state index in [1.54, 1.807) is 24.3 Å². The maximum Gasteiger partial charge on any atom is 0.187 e. The van der Waals surface area contributed by atoms with Crippen molar-refractivity contribution in [3.8, 4) is 6.07 Å². The van der Waals surface area contributed by atoms with Crippen molar-refractivity contribution in [3.05, 3.63) is 156 Å². The Bertz CT molecular complexity index is 2150. The number of nitrogens with zero attached hydrogens (tertiary/aromatic N) is 4. The fraction of sp³-hybridized carbons (Fsp3) is 0.0857. The van der Waals surface area contributed by atoms with Crippen LogP contribution < -0.4 is 10.4 Å². The highest BCUT2D eigenvalue weighted by Crippen LogP contribution is 2.36. The predicted octanol–water partition coefficient (Wildman–Crippen LogP) is 5.47. The summed E-state index contributed by atoms with van der Waals surface area (Å²) in [6.07, 6.45) is 6.71. The molecular formula is C35H22Cl2N4O2. The number of carbonyl (C=O) groups is 2. The van der Waals surface area contributed by atoms with E-state index in [1.807, 2.05) is 78.9 Å². The SMILES string of the molecule is N#Cc1cncnn1.O=C1C=c2ccccc2=c2ccc3c(c21)C(Cc1ccc(Cl)cc1Cl)C(=O)C(c1ccccc1)C=3. The van der Waals surface area contributed by atoms with Crippen LogP contribution in [-0.4, -0.2) is 26.7 Å². The number of ketones is 2. The standard InChI is InChI=1S/C31H20Cl2O2.C4H2N4/c32-22-12-10-20(27(33)17-22)14-26-29-21(15-25(31(26)35)18-6-2-1-3-7-18)11-13-24-23-9-5-4-8-19(23)16-28(34)30(24)29;5-1-4-2-6-3-7-8-4/h1-13,15-17,25-26H,14H2;2-3H. The van der Waals surface area contributed by atoms with Crippen molar-refractivity contribution >= 4 is 46.9 Å². The molecule has 0 aliphatic heterocycles. The Morgan fingerprint density at radius 1 is 0.860 bits per heavy atom. The Morgan fingerprint density at radius 3 is 2.37 bits per heavy atom. The van der Waals surface area contributed by atoms with Crippen molar-refractivity contribution in [3.63, 3.8) is 0 Å². The summed E-state index contributed by atoms with van der Waals surface area (Å²) < 4.78 is 0. The van der Waals surface area contributed by atoms with Crippen LogP contribution in [0.1, 0.15) is 44.6 Å². The Labute approximate surface area is 256 Å². The van der Waals surface area contributed by atoms with Crippen molar-refractivity contribution in [1.82, 2.24) is 15.2 Å². The molecule has 1 aromatic heterocycles. The van der Waals surface area contributed by atoms with Gasteiger partial charge in [0.05, 0.1) is 12.1 Å². The van der Waals surface area contributed by atoms with Gasteiger partial charge >= 0.3 is 0 Å². The molecule has 0 amide bonds. The first-order valence-electron chi connectivity index (χ1n) is 13.5. The monoisotopic (exact) mass is 600 g/mol. The lowest BCUT2D eigenvalue weighted by Crippen LogP contribution is -2.35. The highest BCUT2D eigenvalue weighted by atomic mass is 35.5. The molecule has 0 saturated heterocycles. The maximum absolute atomic E-state index is 14.1. The van der Waals surface area contributed by atoms with E-state index in [1.165, 1.54) is 12.5 Å². The Balaban J connectivity index is 0.000000359. The third-order valence-electron chi connectivity index (χ3n) is 7.60. The molecule has 0 fully saturated rings. The number of benzene rings is 4. The number of hydrogen-bond acceptors (Lipinski definition) is 6. The summed E-state index contributed by atoms with van der Waals surface area (Å²) in [5, 5.41) is 19.7. The highest BCUT2D eigenvalue weighted by Gasteiger charge is 2.36. The average molecular weight is 601 g/mol. The van der Waals surface area contributed by atoms with Crippen molar-refractivity contribution in [2.75, 3.05) is 0 Å². The molecule has 4 aromatic carbocycles. The quantitative estimate of drug-likeness (QED) is 0.272. The van der Waals surface area contributed by atoms with Crippen molar-refractivity contribution < 1.29 is 9.59 Å². The van der Waals surface area contributed by atoms with Gasteiger partial charge in [0.1, 0.15) is 12.4 Å². The number of hydrogen-bond donors (Lipinski definition) is 0. The minimum Gasteiger partial charge on any atom is -0.298 e. The van der Waals surface area contributed by atoms with Crippen LogP contribution in [-0.2, 0) is 11.2 Å². The number of Topliss-reactive ketones (excluding diaryl/α,β-unsaturated/α-hetero) is 2. The van der Waals surface area contributed by atoms with Gasteiger partial charge in [-0.05, 0) is 62.2 Å². The summed E-state index contributed by atoms with van der Waals surface area (Å²) in [4.78, 5) is 31.1. The van der Waals surface area contributed by atoms with Crippen molar-refractivity contribution in [1.29, 1.82) is 5.26 Å². The average Bonchev–Trinajstić information content (AvgIpc) is 3.04. The molecule has 6 nitrogen and oxygen atoms in total. The summed E-state index contributed by atoms with van der Waals surface area (Å²) in [5.41, 5.74) is 3.43. The van der Waals surface area contributed by atoms with Crippen LogP contribution in [0.3, 0.4) is 0 Å². The number of fused-ring (bicyclic) bond motifs is 4. The molecule has 0 saturated carbocycles. The largest absolute Gasteiger partial charge is 0.298 e. The molecule has 2 aliphatic carbocycles. The van der Waals surface area contributed by atoms with E-state index >= 15 is 0 Å². The number of halogens is 2. The molecule has 0 bridgehead atoms. The molecule has 0 N–H and O–H groups in total. The summed E-state index contributed by atoms with van der Waals surface area (Å²) in [6.45, 7) is 0. The number of nitriles is 1. The second-order valence-electron chi connectivity index (χ2n) is 10.1. The molecule has 43 heavy (non-hydrogen) atoms. The zero-order valence-electron chi connectivity index (χ0n) is 22.6. The van der Waals surface area contributed by atoms with Gasteiger partial charge in [-0.1, -0.05) is 102 Å². The molecule has 2 unspecified atom stereocenters. The number of rotatable bonds is 3. The van der Waals surface area contributed by atoms with Gasteiger partial charge in [-0.3, -0.25) is 9.59 Å². The first-order valence-corrected chi connectivity index (χ1v) is 14.3. The molecule has 5 aromatic rings. The van der Waals surface area contributed by atoms with Crippen LogP contribution in [0.25, 0.3) is 12.2 Å². The van der Waals surface area contributed by atoms with Crippen molar-refractivity contribution in [2.24, 2.45) is 0 Å². The first-order chi connectivity index (χ1) is 20.9. The Morgan fingerprint density at radius 2 is 1.65 bits per heavy atom. The van der Waals surface area contributed by atoms with Gasteiger partial charge in [0.15, 0.2) is 17.3 Å². The summed E-state index contributed by atoms with van der Waals surface area (Å²) in [6, 6.07) is 28.9. The lowest BCUT2D eigenvalue weighted by atomic mass is 9.73. The van der Waals surface area contributed by atoms with E-state index in [-0.39, 0.29) is 17.3 Å². The predicted molar refractivity (Wildman–Crippen MR) is 165 cm³/mol. The van der Waals surface area contributed by atoms with E-state index in [0.29, 0.717) is 22.0 Å². The van der Waals surface area contributed by atoms with E-state index in [2.05, 4.69) is 15.2 Å². The topological polar surface area (TPSA) is 96.6 Å². The minimum atomic E-state index is -0.517. The zero-order chi connectivity index (χ0) is 29.9. The summed E-state index contributed by atoms with van der Waals surface area (Å²) >= 11 is 12.7. The third-order valence-corrected chi connectivity index (χ3v) is 8.19. The fourth-order valence-corrected chi connectivity index (χ4v) is 6.16. The second-order valence-corrected chi connectivity index (χ2v) is 11.0. The molecule has 1 heterocycles.